The third kappa shape index (κ3) is 1.41. The highest BCUT2D eigenvalue weighted by atomic mass is 127. The average Bonchev–Trinajstić information content (AvgIpc) is 3.14. The van der Waals surface area contributed by atoms with Crippen LogP contribution in [0.25, 0.3) is 0 Å². The second-order valence-corrected chi connectivity index (χ2v) is 10.5. The summed E-state index contributed by atoms with van der Waals surface area (Å²) >= 11 is 5.18. The van der Waals surface area contributed by atoms with E-state index in [1.54, 1.807) is 0 Å². The predicted molar refractivity (Wildman–Crippen MR) is 88.7 cm³/mol. The maximum atomic E-state index is 12.3. The molecule has 122 valence electrons. The van der Waals surface area contributed by atoms with Crippen LogP contribution in [-0.4, -0.2) is 26.6 Å². The Bertz CT molecular complexity index is 563. The Balaban J connectivity index is 1.39. The minimum Gasteiger partial charge on any atom is -0.459 e. The molecule has 6 saturated carbocycles. The van der Waals surface area contributed by atoms with E-state index in [0.29, 0.717) is 26.1 Å². The molecule has 0 aromatic carbocycles. The number of hydrogen-bond donors (Lipinski definition) is 0. The molecule has 6 aliphatic rings. The predicted octanol–water partition coefficient (Wildman–Crippen LogP) is 3.85. The molecule has 6 bridgehead atoms. The smallest absolute Gasteiger partial charge is 0.459 e. The van der Waals surface area contributed by atoms with Gasteiger partial charge in [0.15, 0.2) is 0 Å². The van der Waals surface area contributed by atoms with Crippen molar-refractivity contribution in [1.82, 2.24) is 0 Å². The van der Waals surface area contributed by atoms with Gasteiger partial charge in [0.2, 0.25) is 0 Å². The van der Waals surface area contributed by atoms with Gasteiger partial charge in [-0.3, -0.25) is 0 Å². The normalized spacial score (nSPS) is 59.2. The van der Waals surface area contributed by atoms with Gasteiger partial charge in [0.1, 0.15) is 0 Å². The first kappa shape index (κ1) is 15.0. The first-order valence-corrected chi connectivity index (χ1v) is 10.3. The maximum Gasteiger partial charge on any atom is 0.490 e. The molecule has 7 heteroatoms. The quantitative estimate of drug-likeness (QED) is 0.311. The standard InChI is InChI=1S/C15H15F3I2O2/c16-15(17,18)13(21)22-2-1-14-9-5-3-4-6(7(5)12(14)20)10(14)11(19)8(4)9/h4-12H,1-3H2/t4-,5-,6-,7+,8+,9+,10-,11+,12-,14+/m0/s1. The van der Waals surface area contributed by atoms with Crippen LogP contribution in [0.3, 0.4) is 0 Å². The van der Waals surface area contributed by atoms with Crippen molar-refractivity contribution in [2.24, 2.45) is 46.8 Å². The molecule has 22 heavy (non-hydrogen) atoms. The highest BCUT2D eigenvalue weighted by Gasteiger charge is 2.87. The molecule has 0 radical (unpaired) electrons. The van der Waals surface area contributed by atoms with Gasteiger partial charge in [0.25, 0.3) is 0 Å². The lowest BCUT2D eigenvalue weighted by molar-refractivity contribution is -0.200. The van der Waals surface area contributed by atoms with Gasteiger partial charge >= 0.3 is 12.1 Å². The molecule has 0 aliphatic heterocycles. The van der Waals surface area contributed by atoms with Gasteiger partial charge in [-0.2, -0.15) is 13.2 Å². The number of carbonyl (C=O) groups is 1. The average molecular weight is 538 g/mol. The van der Waals surface area contributed by atoms with Crippen LogP contribution in [0.1, 0.15) is 12.8 Å². The minimum atomic E-state index is -4.87. The molecule has 6 rings (SSSR count). The molecule has 6 fully saturated rings. The molecule has 0 spiro atoms. The van der Waals surface area contributed by atoms with Crippen molar-refractivity contribution in [3.63, 3.8) is 0 Å². The van der Waals surface area contributed by atoms with Gasteiger partial charge in [-0.25, -0.2) is 4.79 Å². The van der Waals surface area contributed by atoms with Crippen LogP contribution >= 0.6 is 45.2 Å². The third-order valence-electron chi connectivity index (χ3n) is 7.57. The number of hydrogen-bond acceptors (Lipinski definition) is 2. The fourth-order valence-electron chi connectivity index (χ4n) is 7.59. The fourth-order valence-corrected chi connectivity index (χ4v) is 11.9. The van der Waals surface area contributed by atoms with Crippen molar-refractivity contribution in [3.8, 4) is 0 Å². The Kier molecular flexibility index (Phi) is 2.92. The number of halogens is 5. The lowest BCUT2D eigenvalue weighted by atomic mass is 9.62. The van der Waals surface area contributed by atoms with E-state index in [1.165, 1.54) is 6.42 Å². The Morgan fingerprint density at radius 3 is 2.55 bits per heavy atom. The van der Waals surface area contributed by atoms with Crippen LogP contribution in [0.4, 0.5) is 13.2 Å². The Morgan fingerprint density at radius 2 is 1.86 bits per heavy atom. The third-order valence-corrected chi connectivity index (χ3v) is 11.2. The summed E-state index contributed by atoms with van der Waals surface area (Å²) in [7, 11) is 0. The summed E-state index contributed by atoms with van der Waals surface area (Å²) in [4.78, 5) is 11.0. The molecular weight excluding hydrogens is 523 g/mol. The maximum absolute atomic E-state index is 12.3. The summed E-state index contributed by atoms with van der Waals surface area (Å²) in [6.45, 7) is -0.0717. The summed E-state index contributed by atoms with van der Waals surface area (Å²) < 4.78 is 42.7. The topological polar surface area (TPSA) is 26.3 Å². The van der Waals surface area contributed by atoms with Crippen molar-refractivity contribution >= 4 is 51.2 Å². The minimum absolute atomic E-state index is 0.0717. The van der Waals surface area contributed by atoms with E-state index in [-0.39, 0.29) is 12.0 Å². The summed E-state index contributed by atoms with van der Waals surface area (Å²) in [5.41, 5.74) is 0.149. The zero-order chi connectivity index (χ0) is 15.6. The van der Waals surface area contributed by atoms with Crippen LogP contribution in [0, 0.1) is 46.8 Å². The highest BCUT2D eigenvalue weighted by Crippen LogP contribution is 2.89. The Labute approximate surface area is 153 Å². The van der Waals surface area contributed by atoms with Crippen molar-refractivity contribution < 1.29 is 22.7 Å². The van der Waals surface area contributed by atoms with Crippen molar-refractivity contribution in [2.45, 2.75) is 26.9 Å². The lowest BCUT2D eigenvalue weighted by Crippen LogP contribution is -2.41. The molecule has 0 aromatic heterocycles. The van der Waals surface area contributed by atoms with Crippen LogP contribution in [-0.2, 0) is 9.53 Å². The van der Waals surface area contributed by atoms with Crippen molar-refractivity contribution in [1.29, 1.82) is 0 Å². The largest absolute Gasteiger partial charge is 0.490 e. The fraction of sp³-hybridized carbons (Fsp3) is 0.933. The molecule has 0 saturated heterocycles. The SMILES string of the molecule is O=C(OCC[C@@]12[C@@H]3[C@H](I)[C@@H]4[C@H]5C[C@@H]([C@H]([C@H]53)[C@@H]1I)[C@H]42)C(F)(F)F. The summed E-state index contributed by atoms with van der Waals surface area (Å²) in [5.74, 6) is 3.38. The number of esters is 1. The second kappa shape index (κ2) is 4.27. The Morgan fingerprint density at radius 1 is 1.14 bits per heavy atom. The van der Waals surface area contributed by atoms with Gasteiger partial charge in [0.05, 0.1) is 6.61 Å². The number of alkyl halides is 5. The van der Waals surface area contributed by atoms with Crippen molar-refractivity contribution in [2.75, 3.05) is 6.61 Å². The van der Waals surface area contributed by atoms with Crippen LogP contribution in [0.15, 0.2) is 0 Å². The van der Waals surface area contributed by atoms with E-state index < -0.39 is 12.1 Å². The van der Waals surface area contributed by atoms with E-state index in [1.807, 2.05) is 0 Å². The van der Waals surface area contributed by atoms with Crippen LogP contribution in [0.5, 0.6) is 0 Å². The van der Waals surface area contributed by atoms with Gasteiger partial charge in [0, 0.05) is 7.85 Å². The zero-order valence-corrected chi connectivity index (χ0v) is 15.8. The first-order chi connectivity index (χ1) is 10.3. The van der Waals surface area contributed by atoms with Gasteiger partial charge in [-0.15, -0.1) is 0 Å². The van der Waals surface area contributed by atoms with Gasteiger partial charge < -0.3 is 4.74 Å². The van der Waals surface area contributed by atoms with E-state index in [0.717, 1.165) is 29.6 Å². The molecule has 0 unspecified atom stereocenters. The number of carbonyl (C=O) groups excluding carboxylic acids is 1. The van der Waals surface area contributed by atoms with Gasteiger partial charge in [-0.05, 0) is 59.7 Å². The molecule has 0 heterocycles. The molecule has 0 aromatic rings. The summed E-state index contributed by atoms with van der Waals surface area (Å²) in [6.07, 6.45) is -2.89. The first-order valence-electron chi connectivity index (χ1n) is 7.82. The van der Waals surface area contributed by atoms with Crippen molar-refractivity contribution in [3.05, 3.63) is 0 Å². The van der Waals surface area contributed by atoms with Crippen LogP contribution in [0.2, 0.25) is 0 Å². The molecular formula is C15H15F3I2O2. The summed E-state index contributed by atoms with van der Waals surface area (Å²) in [6, 6.07) is 0. The molecule has 10 atom stereocenters. The number of rotatable bonds is 3. The van der Waals surface area contributed by atoms with E-state index in [9.17, 15) is 18.0 Å². The van der Waals surface area contributed by atoms with E-state index in [4.69, 9.17) is 0 Å². The second-order valence-electron chi connectivity index (χ2n) is 7.69. The Hall–Kier alpha value is 0.720. The van der Waals surface area contributed by atoms with E-state index >= 15 is 0 Å². The number of ether oxygens (including phenoxy) is 1. The zero-order valence-electron chi connectivity index (χ0n) is 11.5. The molecule has 6 aliphatic carbocycles. The monoisotopic (exact) mass is 538 g/mol. The van der Waals surface area contributed by atoms with E-state index in [2.05, 4.69) is 49.9 Å². The summed E-state index contributed by atoms with van der Waals surface area (Å²) in [5, 5.41) is 0. The highest BCUT2D eigenvalue weighted by molar-refractivity contribution is 14.1. The van der Waals surface area contributed by atoms with Crippen LogP contribution < -0.4 is 0 Å². The molecule has 2 nitrogen and oxygen atoms in total. The lowest BCUT2D eigenvalue weighted by Gasteiger charge is -2.42. The molecule has 0 amide bonds. The van der Waals surface area contributed by atoms with Gasteiger partial charge in [-0.1, -0.05) is 45.2 Å². The molecule has 0 N–H and O–H groups in total.